The van der Waals surface area contributed by atoms with Crippen molar-refractivity contribution in [3.8, 4) is 5.75 Å². The first-order valence-electron chi connectivity index (χ1n) is 7.46. The molecule has 0 saturated carbocycles. The van der Waals surface area contributed by atoms with Crippen molar-refractivity contribution in [2.45, 2.75) is 25.6 Å². The second kappa shape index (κ2) is 7.69. The van der Waals surface area contributed by atoms with Gasteiger partial charge >= 0.3 is 12.1 Å². The van der Waals surface area contributed by atoms with Crippen LogP contribution in [-0.4, -0.2) is 47.8 Å². The van der Waals surface area contributed by atoms with Crippen LogP contribution in [0.4, 0.5) is 18.9 Å². The standard InChI is InChI=1S/C15H18F3N3O2S/c1-2-23-12-6-4-3-5-11(12)20-14(24)21-8-7-10(9-21)19-13(22)15(16,17)18/h3-6,10H,2,7-9H2,1H3,(H,19,22)(H,20,24). The van der Waals surface area contributed by atoms with Gasteiger partial charge in [0, 0.05) is 19.1 Å². The first kappa shape index (κ1) is 18.3. The predicted octanol–water partition coefficient (Wildman–Crippen LogP) is 2.53. The van der Waals surface area contributed by atoms with Crippen LogP contribution >= 0.6 is 12.2 Å². The number of thiocarbonyl (C=S) groups is 1. The van der Waals surface area contributed by atoms with Crippen molar-refractivity contribution in [2.24, 2.45) is 0 Å². The summed E-state index contributed by atoms with van der Waals surface area (Å²) in [5.41, 5.74) is 0.687. The van der Waals surface area contributed by atoms with Crippen molar-refractivity contribution in [1.82, 2.24) is 10.2 Å². The van der Waals surface area contributed by atoms with Crippen LogP contribution in [0.1, 0.15) is 13.3 Å². The number of nitrogens with one attached hydrogen (secondary N) is 2. The highest BCUT2D eigenvalue weighted by Gasteiger charge is 2.40. The minimum atomic E-state index is -4.87. The molecule has 132 valence electrons. The van der Waals surface area contributed by atoms with E-state index in [2.05, 4.69) is 5.32 Å². The van der Waals surface area contributed by atoms with E-state index in [-0.39, 0.29) is 6.54 Å². The summed E-state index contributed by atoms with van der Waals surface area (Å²) in [7, 11) is 0. The molecule has 1 saturated heterocycles. The Morgan fingerprint density at radius 3 is 2.79 bits per heavy atom. The number of ether oxygens (including phenoxy) is 1. The Hall–Kier alpha value is -2.03. The van der Waals surface area contributed by atoms with Gasteiger partial charge in [-0.25, -0.2) is 0 Å². The second-order valence-corrected chi connectivity index (χ2v) is 5.65. The molecule has 1 aromatic carbocycles. The minimum Gasteiger partial charge on any atom is -0.492 e. The summed E-state index contributed by atoms with van der Waals surface area (Å²) in [5, 5.41) is 5.40. The van der Waals surface area contributed by atoms with E-state index in [4.69, 9.17) is 17.0 Å². The van der Waals surface area contributed by atoms with Crippen molar-refractivity contribution < 1.29 is 22.7 Å². The summed E-state index contributed by atoms with van der Waals surface area (Å²) in [6, 6.07) is 6.67. The molecule has 1 aliphatic heterocycles. The van der Waals surface area contributed by atoms with E-state index < -0.39 is 18.1 Å². The van der Waals surface area contributed by atoms with E-state index in [1.807, 2.05) is 24.4 Å². The van der Waals surface area contributed by atoms with Crippen molar-refractivity contribution in [2.75, 3.05) is 25.0 Å². The topological polar surface area (TPSA) is 53.6 Å². The van der Waals surface area contributed by atoms with Gasteiger partial charge < -0.3 is 20.3 Å². The first-order chi connectivity index (χ1) is 11.3. The summed E-state index contributed by atoms with van der Waals surface area (Å²) < 4.78 is 42.3. The molecule has 1 fully saturated rings. The molecule has 0 aromatic heterocycles. The quantitative estimate of drug-likeness (QED) is 0.808. The third-order valence-corrected chi connectivity index (χ3v) is 3.86. The molecule has 0 spiro atoms. The molecular weight excluding hydrogens is 343 g/mol. The van der Waals surface area contributed by atoms with Gasteiger partial charge in [0.1, 0.15) is 5.75 Å². The monoisotopic (exact) mass is 361 g/mol. The van der Waals surface area contributed by atoms with E-state index in [1.54, 1.807) is 17.0 Å². The van der Waals surface area contributed by atoms with Crippen LogP contribution in [0.15, 0.2) is 24.3 Å². The number of amides is 1. The Labute approximate surface area is 143 Å². The van der Waals surface area contributed by atoms with Gasteiger partial charge in [-0.15, -0.1) is 0 Å². The van der Waals surface area contributed by atoms with Crippen molar-refractivity contribution in [1.29, 1.82) is 0 Å². The normalized spacial score (nSPS) is 17.5. The SMILES string of the molecule is CCOc1ccccc1NC(=S)N1CCC(NC(=O)C(F)(F)F)C1. The van der Waals surface area contributed by atoms with Crippen LogP contribution < -0.4 is 15.4 Å². The molecule has 1 heterocycles. The average molecular weight is 361 g/mol. The smallest absolute Gasteiger partial charge is 0.471 e. The van der Waals surface area contributed by atoms with Gasteiger partial charge in [-0.2, -0.15) is 13.2 Å². The Morgan fingerprint density at radius 1 is 1.42 bits per heavy atom. The minimum absolute atomic E-state index is 0.227. The van der Waals surface area contributed by atoms with Crippen LogP contribution in [0.5, 0.6) is 5.75 Å². The number of likely N-dealkylation sites (tertiary alicyclic amines) is 1. The molecule has 2 rings (SSSR count). The highest BCUT2D eigenvalue weighted by molar-refractivity contribution is 7.80. The molecule has 2 N–H and O–H groups in total. The zero-order chi connectivity index (χ0) is 17.7. The molecule has 5 nitrogen and oxygen atoms in total. The number of para-hydroxylation sites is 2. The number of carbonyl (C=O) groups is 1. The first-order valence-corrected chi connectivity index (χ1v) is 7.87. The molecule has 0 radical (unpaired) electrons. The van der Waals surface area contributed by atoms with Gasteiger partial charge in [-0.3, -0.25) is 4.79 Å². The zero-order valence-electron chi connectivity index (χ0n) is 13.0. The van der Waals surface area contributed by atoms with Gasteiger partial charge in [0.05, 0.1) is 12.3 Å². The Morgan fingerprint density at radius 2 is 2.12 bits per heavy atom. The van der Waals surface area contributed by atoms with Crippen LogP contribution in [0.2, 0.25) is 0 Å². The van der Waals surface area contributed by atoms with Crippen LogP contribution in [0.3, 0.4) is 0 Å². The summed E-state index contributed by atoms with van der Waals surface area (Å²) in [5.74, 6) is -1.28. The maximum absolute atomic E-state index is 12.3. The Bertz CT molecular complexity index is 610. The Balaban J connectivity index is 1.92. The molecular formula is C15H18F3N3O2S. The zero-order valence-corrected chi connectivity index (χ0v) is 13.8. The maximum atomic E-state index is 12.3. The molecule has 0 aliphatic carbocycles. The number of alkyl halides is 3. The summed E-state index contributed by atoms with van der Waals surface area (Å²) >= 11 is 5.30. The number of hydrogen-bond donors (Lipinski definition) is 2. The predicted molar refractivity (Wildman–Crippen MR) is 88.0 cm³/mol. The molecule has 9 heteroatoms. The number of halogens is 3. The fourth-order valence-corrected chi connectivity index (χ4v) is 2.65. The van der Waals surface area contributed by atoms with Crippen molar-refractivity contribution in [3.63, 3.8) is 0 Å². The van der Waals surface area contributed by atoms with Crippen LogP contribution in [-0.2, 0) is 4.79 Å². The molecule has 1 aliphatic rings. The lowest BCUT2D eigenvalue weighted by atomic mass is 10.2. The van der Waals surface area contributed by atoms with E-state index in [1.165, 1.54) is 0 Å². The van der Waals surface area contributed by atoms with Gasteiger partial charge in [0.15, 0.2) is 5.11 Å². The molecule has 1 aromatic rings. The summed E-state index contributed by atoms with van der Waals surface area (Å²) in [6.45, 7) is 3.06. The largest absolute Gasteiger partial charge is 0.492 e. The fraction of sp³-hybridized carbons (Fsp3) is 0.467. The molecule has 0 bridgehead atoms. The van der Waals surface area contributed by atoms with Crippen molar-refractivity contribution >= 4 is 28.9 Å². The van der Waals surface area contributed by atoms with Crippen LogP contribution in [0, 0.1) is 0 Å². The average Bonchev–Trinajstić information content (AvgIpc) is 2.97. The lowest BCUT2D eigenvalue weighted by molar-refractivity contribution is -0.174. The molecule has 1 atom stereocenters. The maximum Gasteiger partial charge on any atom is 0.471 e. The van der Waals surface area contributed by atoms with E-state index in [0.29, 0.717) is 36.1 Å². The van der Waals surface area contributed by atoms with Crippen LogP contribution in [0.25, 0.3) is 0 Å². The van der Waals surface area contributed by atoms with E-state index in [9.17, 15) is 18.0 Å². The third kappa shape index (κ3) is 4.73. The van der Waals surface area contributed by atoms with E-state index in [0.717, 1.165) is 0 Å². The van der Waals surface area contributed by atoms with Gasteiger partial charge in [-0.1, -0.05) is 12.1 Å². The van der Waals surface area contributed by atoms with Crippen molar-refractivity contribution in [3.05, 3.63) is 24.3 Å². The van der Waals surface area contributed by atoms with Gasteiger partial charge in [0.2, 0.25) is 0 Å². The second-order valence-electron chi connectivity index (χ2n) is 5.26. The number of anilines is 1. The summed E-state index contributed by atoms with van der Waals surface area (Å²) in [4.78, 5) is 12.7. The number of carbonyl (C=O) groups excluding carboxylic acids is 1. The lowest BCUT2D eigenvalue weighted by Crippen LogP contribution is -2.45. The number of nitrogens with zero attached hydrogens (tertiary/aromatic N) is 1. The third-order valence-electron chi connectivity index (χ3n) is 3.50. The van der Waals surface area contributed by atoms with Gasteiger partial charge in [-0.05, 0) is 37.7 Å². The molecule has 1 unspecified atom stereocenters. The highest BCUT2D eigenvalue weighted by atomic mass is 32.1. The lowest BCUT2D eigenvalue weighted by Gasteiger charge is -2.22. The highest BCUT2D eigenvalue weighted by Crippen LogP contribution is 2.25. The molecule has 1 amide bonds. The number of rotatable bonds is 4. The van der Waals surface area contributed by atoms with E-state index >= 15 is 0 Å². The molecule has 24 heavy (non-hydrogen) atoms. The number of hydrogen-bond acceptors (Lipinski definition) is 3. The Kier molecular flexibility index (Phi) is 5.87. The summed E-state index contributed by atoms with van der Waals surface area (Å²) in [6.07, 6.45) is -4.47. The number of benzene rings is 1. The fourth-order valence-electron chi connectivity index (χ4n) is 2.38. The van der Waals surface area contributed by atoms with Gasteiger partial charge in [0.25, 0.3) is 0 Å².